The summed E-state index contributed by atoms with van der Waals surface area (Å²) in [6.45, 7) is 10.4. The van der Waals surface area contributed by atoms with E-state index in [9.17, 15) is 9.59 Å². The fraction of sp³-hybridized carbons (Fsp3) is 0.571. The molecule has 7 heteroatoms. The molecule has 1 saturated heterocycles. The van der Waals surface area contributed by atoms with Gasteiger partial charge in [-0.1, -0.05) is 27.7 Å². The lowest BCUT2D eigenvalue weighted by Crippen LogP contribution is -2.32. The number of carbonyl (C=O) groups excluding carboxylic acids is 2. The number of rotatable bonds is 4. The number of likely N-dealkylation sites (tertiary alicyclic amines) is 1. The Kier molecular flexibility index (Phi) is 7.80. The summed E-state index contributed by atoms with van der Waals surface area (Å²) in [5, 5.41) is 8.72. The molecule has 3 heterocycles. The number of nitrogens with one attached hydrogen (secondary N) is 1. The lowest BCUT2D eigenvalue weighted by atomic mass is 9.85. The normalized spacial score (nSPS) is 16.0. The number of amides is 2. The summed E-state index contributed by atoms with van der Waals surface area (Å²) in [7, 11) is 1.61. The highest BCUT2D eigenvalue weighted by atomic mass is 32.1. The van der Waals surface area contributed by atoms with E-state index in [0.717, 1.165) is 48.4 Å². The van der Waals surface area contributed by atoms with Crippen molar-refractivity contribution < 1.29 is 9.59 Å². The first-order valence-electron chi connectivity index (χ1n) is 9.99. The van der Waals surface area contributed by atoms with E-state index in [-0.39, 0.29) is 18.4 Å². The van der Waals surface area contributed by atoms with Crippen molar-refractivity contribution in [2.45, 2.75) is 53.5 Å². The number of carbonyl (C=O) groups is 2. The molecule has 28 heavy (non-hydrogen) atoms. The zero-order valence-corrected chi connectivity index (χ0v) is 18.4. The molecule has 0 aliphatic carbocycles. The van der Waals surface area contributed by atoms with Crippen LogP contribution in [0.4, 0.5) is 0 Å². The van der Waals surface area contributed by atoms with Crippen molar-refractivity contribution >= 4 is 23.2 Å². The first-order valence-corrected chi connectivity index (χ1v) is 10.9. The molecule has 1 N–H and O–H groups in total. The Morgan fingerprint density at radius 2 is 2.00 bits per heavy atom. The highest BCUT2D eigenvalue weighted by molar-refractivity contribution is 7.13. The van der Waals surface area contributed by atoms with Crippen molar-refractivity contribution in [3.8, 4) is 10.4 Å². The average molecular weight is 405 g/mol. The van der Waals surface area contributed by atoms with Gasteiger partial charge in [-0.2, -0.15) is 5.10 Å². The molecule has 0 atom stereocenters. The van der Waals surface area contributed by atoms with Gasteiger partial charge in [0.15, 0.2) is 0 Å². The van der Waals surface area contributed by atoms with Crippen LogP contribution in [0, 0.1) is 5.41 Å². The zero-order chi connectivity index (χ0) is 20.7. The summed E-state index contributed by atoms with van der Waals surface area (Å²) in [4.78, 5) is 27.3. The van der Waals surface area contributed by atoms with Gasteiger partial charge >= 0.3 is 0 Å². The van der Waals surface area contributed by atoms with Crippen LogP contribution in [0.2, 0.25) is 0 Å². The molecule has 6 nitrogen and oxygen atoms in total. The molecule has 3 rings (SSSR count). The third-order valence-corrected chi connectivity index (χ3v) is 5.96. The molecular weight excluding hydrogens is 372 g/mol. The fourth-order valence-electron chi connectivity index (χ4n) is 3.21. The Morgan fingerprint density at radius 1 is 1.25 bits per heavy atom. The number of likely N-dealkylation sites (N-methyl/N-ethyl adjacent to an activating group) is 1. The molecule has 0 radical (unpaired) electrons. The summed E-state index contributed by atoms with van der Waals surface area (Å²) >= 11 is 1.54. The largest absolute Gasteiger partial charge is 0.358 e. The highest BCUT2D eigenvalue weighted by Gasteiger charge is 2.26. The quantitative estimate of drug-likeness (QED) is 0.836. The molecule has 154 valence electrons. The second-order valence-electron chi connectivity index (χ2n) is 7.61. The minimum absolute atomic E-state index is 0.0919. The average Bonchev–Trinajstić information content (AvgIpc) is 3.31. The molecule has 2 aromatic rings. The predicted octanol–water partition coefficient (Wildman–Crippen LogP) is 4.04. The molecular formula is C21H32N4O2S. The van der Waals surface area contributed by atoms with Gasteiger partial charge in [-0.15, -0.1) is 11.3 Å². The SMILES string of the molecule is CC.CNC(=O)Cn1cc(-c2cc(C(=O)N3CCCC(C)(C)CC3)cs2)cn1. The van der Waals surface area contributed by atoms with E-state index in [2.05, 4.69) is 24.3 Å². The van der Waals surface area contributed by atoms with Crippen LogP contribution in [0.5, 0.6) is 0 Å². The summed E-state index contributed by atoms with van der Waals surface area (Å²) < 4.78 is 1.60. The van der Waals surface area contributed by atoms with Crippen LogP contribution in [-0.4, -0.2) is 46.6 Å². The minimum Gasteiger partial charge on any atom is -0.358 e. The third-order valence-electron chi connectivity index (χ3n) is 4.98. The predicted molar refractivity (Wildman–Crippen MR) is 114 cm³/mol. The number of aromatic nitrogens is 2. The topological polar surface area (TPSA) is 67.2 Å². The van der Waals surface area contributed by atoms with Gasteiger partial charge < -0.3 is 10.2 Å². The summed E-state index contributed by atoms with van der Waals surface area (Å²) in [5.41, 5.74) is 1.98. The number of hydrogen-bond acceptors (Lipinski definition) is 4. The van der Waals surface area contributed by atoms with Crippen LogP contribution < -0.4 is 5.32 Å². The maximum absolute atomic E-state index is 12.9. The standard InChI is InChI=1S/C19H26N4O2S.C2H6/c1-19(2)5-4-7-22(8-6-19)18(25)14-9-16(26-13-14)15-10-21-23(11-15)12-17(24)20-3;1-2/h9-11,13H,4-8,12H2,1-3H3,(H,20,24);1-2H3. The molecule has 0 aromatic carbocycles. The second kappa shape index (κ2) is 9.87. The van der Waals surface area contributed by atoms with Crippen LogP contribution in [0.1, 0.15) is 57.3 Å². The van der Waals surface area contributed by atoms with Crippen molar-refractivity contribution in [1.29, 1.82) is 0 Å². The van der Waals surface area contributed by atoms with Crippen LogP contribution in [0.3, 0.4) is 0 Å². The molecule has 0 saturated carbocycles. The molecule has 1 aliphatic heterocycles. The van der Waals surface area contributed by atoms with Crippen LogP contribution in [0.15, 0.2) is 23.8 Å². The lowest BCUT2D eigenvalue weighted by Gasteiger charge is -2.23. The first kappa shape index (κ1) is 22.1. The third kappa shape index (κ3) is 5.67. The van der Waals surface area contributed by atoms with E-state index in [4.69, 9.17) is 0 Å². The molecule has 2 amide bonds. The summed E-state index contributed by atoms with van der Waals surface area (Å²) in [6, 6.07) is 1.93. The van der Waals surface area contributed by atoms with Gasteiger partial charge in [0, 0.05) is 42.2 Å². The minimum atomic E-state index is -0.0919. The van der Waals surface area contributed by atoms with Gasteiger partial charge in [-0.05, 0) is 30.7 Å². The fourth-order valence-corrected chi connectivity index (χ4v) is 4.07. The monoisotopic (exact) mass is 404 g/mol. The molecule has 0 spiro atoms. The van der Waals surface area contributed by atoms with Crippen molar-refractivity contribution in [2.75, 3.05) is 20.1 Å². The maximum atomic E-state index is 12.9. The Bertz CT molecular complexity index is 794. The smallest absolute Gasteiger partial charge is 0.254 e. The van der Waals surface area contributed by atoms with Gasteiger partial charge in [0.25, 0.3) is 5.91 Å². The van der Waals surface area contributed by atoms with Gasteiger partial charge in [0.1, 0.15) is 6.54 Å². The Morgan fingerprint density at radius 3 is 2.71 bits per heavy atom. The first-order chi connectivity index (χ1) is 13.4. The van der Waals surface area contributed by atoms with E-state index >= 15 is 0 Å². The molecule has 1 fully saturated rings. The van der Waals surface area contributed by atoms with E-state index in [0.29, 0.717) is 5.41 Å². The van der Waals surface area contributed by atoms with E-state index in [1.54, 1.807) is 17.9 Å². The van der Waals surface area contributed by atoms with E-state index in [1.165, 1.54) is 11.3 Å². The number of thiophene rings is 1. The number of hydrogen-bond donors (Lipinski definition) is 1. The Hall–Kier alpha value is -2.15. The molecule has 2 aromatic heterocycles. The lowest BCUT2D eigenvalue weighted by molar-refractivity contribution is -0.121. The molecule has 0 unspecified atom stereocenters. The highest BCUT2D eigenvalue weighted by Crippen LogP contribution is 2.31. The Labute approximate surface area is 171 Å². The van der Waals surface area contributed by atoms with E-state index in [1.807, 2.05) is 36.4 Å². The summed E-state index contributed by atoms with van der Waals surface area (Å²) in [6.07, 6.45) is 6.83. The second-order valence-corrected chi connectivity index (χ2v) is 8.52. The van der Waals surface area contributed by atoms with Crippen LogP contribution >= 0.6 is 11.3 Å². The van der Waals surface area contributed by atoms with E-state index < -0.39 is 0 Å². The zero-order valence-electron chi connectivity index (χ0n) is 17.6. The molecule has 0 bridgehead atoms. The van der Waals surface area contributed by atoms with Gasteiger partial charge in [-0.3, -0.25) is 14.3 Å². The van der Waals surface area contributed by atoms with Crippen molar-refractivity contribution in [3.63, 3.8) is 0 Å². The van der Waals surface area contributed by atoms with Gasteiger partial charge in [-0.25, -0.2) is 0 Å². The van der Waals surface area contributed by atoms with Gasteiger partial charge in [0.2, 0.25) is 5.91 Å². The number of nitrogens with zero attached hydrogens (tertiary/aromatic N) is 3. The van der Waals surface area contributed by atoms with Crippen molar-refractivity contribution in [2.24, 2.45) is 5.41 Å². The molecule has 1 aliphatic rings. The van der Waals surface area contributed by atoms with Crippen LogP contribution in [-0.2, 0) is 11.3 Å². The maximum Gasteiger partial charge on any atom is 0.254 e. The van der Waals surface area contributed by atoms with Gasteiger partial charge in [0.05, 0.1) is 11.8 Å². The van der Waals surface area contributed by atoms with Crippen molar-refractivity contribution in [1.82, 2.24) is 20.0 Å². The Balaban J connectivity index is 0.00000136. The van der Waals surface area contributed by atoms with Crippen molar-refractivity contribution in [3.05, 3.63) is 29.4 Å². The van der Waals surface area contributed by atoms with Crippen LogP contribution in [0.25, 0.3) is 10.4 Å². The summed E-state index contributed by atoms with van der Waals surface area (Å²) in [5.74, 6) is 0.0220.